The van der Waals surface area contributed by atoms with Crippen LogP contribution in [0.3, 0.4) is 0 Å². The lowest BCUT2D eigenvalue weighted by molar-refractivity contribution is -0.137. The summed E-state index contributed by atoms with van der Waals surface area (Å²) in [6, 6.07) is 11.4. The van der Waals surface area contributed by atoms with Gasteiger partial charge in [-0.3, -0.25) is 9.78 Å². The highest BCUT2D eigenvalue weighted by Crippen LogP contribution is 2.27. The third kappa shape index (κ3) is 6.39. The number of pyridine rings is 2. The minimum absolute atomic E-state index is 0. The van der Waals surface area contributed by atoms with Gasteiger partial charge in [0.05, 0.1) is 11.4 Å². The maximum absolute atomic E-state index is 13.8. The quantitative estimate of drug-likeness (QED) is 0.564. The van der Waals surface area contributed by atoms with Crippen LogP contribution < -0.4 is 10.5 Å². The summed E-state index contributed by atoms with van der Waals surface area (Å²) in [5.41, 5.74) is 8.33. The van der Waals surface area contributed by atoms with E-state index in [1.165, 1.54) is 6.20 Å². The first-order valence-electron chi connectivity index (χ1n) is 8.42. The van der Waals surface area contributed by atoms with Gasteiger partial charge in [-0.25, -0.2) is 9.37 Å². The highest BCUT2D eigenvalue weighted by Gasteiger charge is 2.11. The fraction of sp³-hybridized carbons (Fsp3) is 0.150. The van der Waals surface area contributed by atoms with E-state index in [-0.39, 0.29) is 29.7 Å². The molecule has 1 unspecified atom stereocenters. The topological polar surface area (TPSA) is 98.3 Å². The lowest BCUT2D eigenvalue weighted by Crippen LogP contribution is -2.26. The number of nitrogens with zero attached hydrogens (tertiary/aromatic N) is 2. The van der Waals surface area contributed by atoms with Gasteiger partial charge in [0.2, 0.25) is 0 Å². The van der Waals surface area contributed by atoms with Crippen LogP contribution >= 0.6 is 24.0 Å². The third-order valence-electron chi connectivity index (χ3n) is 3.90. The fourth-order valence-electron chi connectivity index (χ4n) is 2.64. The zero-order chi connectivity index (χ0) is 20.1. The Morgan fingerprint density at radius 3 is 2.55 bits per heavy atom. The smallest absolute Gasteiger partial charge is 0.304 e. The number of ether oxygens (including phenoxy) is 1. The molecular weight excluding hydrogens is 420 g/mol. The highest BCUT2D eigenvalue weighted by molar-refractivity contribution is 6.30. The van der Waals surface area contributed by atoms with E-state index in [1.807, 2.05) is 24.3 Å². The predicted octanol–water partition coefficient (Wildman–Crippen LogP) is 4.49. The molecule has 3 rings (SSSR count). The molecule has 3 aromatic rings. The summed E-state index contributed by atoms with van der Waals surface area (Å²) in [5, 5.41) is 9.00. The highest BCUT2D eigenvalue weighted by atomic mass is 35.5. The average molecular weight is 438 g/mol. The van der Waals surface area contributed by atoms with Crippen molar-refractivity contribution in [1.82, 2.24) is 9.97 Å². The van der Waals surface area contributed by atoms with Crippen LogP contribution in [0.5, 0.6) is 11.6 Å². The second-order valence-electron chi connectivity index (χ2n) is 6.16. The van der Waals surface area contributed by atoms with Crippen molar-refractivity contribution in [2.45, 2.75) is 18.9 Å². The lowest BCUT2D eigenvalue weighted by atomic mass is 10.0. The molecule has 1 aromatic carbocycles. The van der Waals surface area contributed by atoms with Crippen LogP contribution in [0.25, 0.3) is 11.1 Å². The van der Waals surface area contributed by atoms with Crippen molar-refractivity contribution < 1.29 is 19.0 Å². The molecule has 0 aliphatic carbocycles. The van der Waals surface area contributed by atoms with Gasteiger partial charge >= 0.3 is 5.97 Å². The summed E-state index contributed by atoms with van der Waals surface area (Å²) in [5.74, 6) is -1.31. The van der Waals surface area contributed by atoms with E-state index < -0.39 is 17.8 Å². The Labute approximate surface area is 177 Å². The molecule has 0 spiro atoms. The molecule has 6 nitrogen and oxygen atoms in total. The number of carboxylic acid groups (broad SMARTS) is 1. The van der Waals surface area contributed by atoms with Crippen LogP contribution in [-0.2, 0) is 11.2 Å². The molecule has 0 aliphatic heterocycles. The summed E-state index contributed by atoms with van der Waals surface area (Å²) in [6.07, 6.45) is 3.20. The van der Waals surface area contributed by atoms with E-state index in [9.17, 15) is 9.18 Å². The zero-order valence-electron chi connectivity index (χ0n) is 15.1. The van der Waals surface area contributed by atoms with E-state index >= 15 is 0 Å². The summed E-state index contributed by atoms with van der Waals surface area (Å²) in [7, 11) is 0. The molecule has 152 valence electrons. The average Bonchev–Trinajstić information content (AvgIpc) is 2.64. The molecule has 0 bridgehead atoms. The SMILES string of the molecule is Cl.NC(CC(=O)O)Cc1cc(-c2ccc(Oc3ncc(Cl)cc3F)cc2)ccn1. The number of benzene rings is 1. The molecular formula is C20H18Cl2FN3O3. The molecule has 0 fully saturated rings. The first-order chi connectivity index (χ1) is 13.4. The molecule has 2 aromatic heterocycles. The van der Waals surface area contributed by atoms with Crippen molar-refractivity contribution in [3.63, 3.8) is 0 Å². The molecule has 9 heteroatoms. The number of halogens is 3. The number of rotatable bonds is 7. The Morgan fingerprint density at radius 1 is 1.17 bits per heavy atom. The largest absolute Gasteiger partial charge is 0.481 e. The van der Waals surface area contributed by atoms with Crippen LogP contribution in [0, 0.1) is 5.82 Å². The maximum Gasteiger partial charge on any atom is 0.304 e. The maximum atomic E-state index is 13.8. The van der Waals surface area contributed by atoms with E-state index in [1.54, 1.807) is 18.3 Å². The molecule has 3 N–H and O–H groups in total. The number of carbonyl (C=O) groups is 1. The van der Waals surface area contributed by atoms with Gasteiger partial charge in [0.15, 0.2) is 5.82 Å². The van der Waals surface area contributed by atoms with Crippen LogP contribution in [0.2, 0.25) is 5.02 Å². The molecule has 0 saturated carbocycles. The minimum atomic E-state index is -0.939. The normalized spacial score (nSPS) is 11.4. The van der Waals surface area contributed by atoms with Gasteiger partial charge in [0, 0.05) is 30.6 Å². The number of hydrogen-bond acceptors (Lipinski definition) is 5. The van der Waals surface area contributed by atoms with Crippen molar-refractivity contribution in [3.05, 3.63) is 71.4 Å². The summed E-state index contributed by atoms with van der Waals surface area (Å²) >= 11 is 5.68. The van der Waals surface area contributed by atoms with Crippen LogP contribution in [0.4, 0.5) is 4.39 Å². The fourth-order valence-corrected chi connectivity index (χ4v) is 2.78. The van der Waals surface area contributed by atoms with Gasteiger partial charge in [-0.2, -0.15) is 0 Å². The monoisotopic (exact) mass is 437 g/mol. The van der Waals surface area contributed by atoms with Crippen LogP contribution in [0.1, 0.15) is 12.1 Å². The summed E-state index contributed by atoms with van der Waals surface area (Å²) in [6.45, 7) is 0. The number of carboxylic acids is 1. The number of hydrogen-bond donors (Lipinski definition) is 2. The Hall–Kier alpha value is -2.74. The Bertz CT molecular complexity index is 987. The number of aliphatic carboxylic acids is 1. The van der Waals surface area contributed by atoms with Gasteiger partial charge in [0.25, 0.3) is 5.88 Å². The molecule has 0 amide bonds. The molecule has 1 atom stereocenters. The Morgan fingerprint density at radius 2 is 1.90 bits per heavy atom. The van der Waals surface area contributed by atoms with Crippen molar-refractivity contribution in [1.29, 1.82) is 0 Å². The minimum Gasteiger partial charge on any atom is -0.481 e. The van der Waals surface area contributed by atoms with E-state index in [0.717, 1.165) is 17.2 Å². The van der Waals surface area contributed by atoms with E-state index in [0.29, 0.717) is 17.9 Å². The van der Waals surface area contributed by atoms with Gasteiger partial charge in [-0.1, -0.05) is 23.7 Å². The van der Waals surface area contributed by atoms with Gasteiger partial charge in [0.1, 0.15) is 5.75 Å². The van der Waals surface area contributed by atoms with Gasteiger partial charge in [-0.15, -0.1) is 12.4 Å². The number of aromatic nitrogens is 2. The Balaban J connectivity index is 0.00000300. The van der Waals surface area contributed by atoms with Crippen molar-refractivity contribution in [3.8, 4) is 22.8 Å². The molecule has 0 radical (unpaired) electrons. The van der Waals surface area contributed by atoms with Crippen LogP contribution in [-0.4, -0.2) is 27.1 Å². The lowest BCUT2D eigenvalue weighted by Gasteiger charge is -2.10. The Kier molecular flexibility index (Phi) is 7.90. The molecule has 0 aliphatic rings. The van der Waals surface area contributed by atoms with Crippen molar-refractivity contribution in [2.75, 3.05) is 0 Å². The standard InChI is InChI=1S/C20H17ClFN3O3.ClH/c21-14-8-18(22)20(25-11-14)28-17-3-1-12(2-4-17)13-5-6-24-16(7-13)9-15(23)10-19(26)27;/h1-8,11,15H,9-10,23H2,(H,26,27);1H. The molecule has 2 heterocycles. The second-order valence-corrected chi connectivity index (χ2v) is 6.60. The third-order valence-corrected chi connectivity index (χ3v) is 4.11. The molecule has 29 heavy (non-hydrogen) atoms. The second kappa shape index (κ2) is 10.2. The van der Waals surface area contributed by atoms with E-state index in [2.05, 4.69) is 9.97 Å². The first kappa shape index (κ1) is 22.5. The summed E-state index contributed by atoms with van der Waals surface area (Å²) in [4.78, 5) is 18.8. The van der Waals surface area contributed by atoms with E-state index in [4.69, 9.17) is 27.2 Å². The molecule has 0 saturated heterocycles. The van der Waals surface area contributed by atoms with Gasteiger partial charge in [-0.05, 0) is 41.5 Å². The zero-order valence-corrected chi connectivity index (χ0v) is 16.7. The van der Waals surface area contributed by atoms with Crippen LogP contribution in [0.15, 0.2) is 54.9 Å². The number of nitrogens with two attached hydrogens (primary N) is 1. The van der Waals surface area contributed by atoms with Gasteiger partial charge < -0.3 is 15.6 Å². The predicted molar refractivity (Wildman–Crippen MR) is 110 cm³/mol. The van der Waals surface area contributed by atoms with Crippen molar-refractivity contribution in [2.24, 2.45) is 5.73 Å². The van der Waals surface area contributed by atoms with Crippen molar-refractivity contribution >= 4 is 30.0 Å². The first-order valence-corrected chi connectivity index (χ1v) is 8.80. The summed E-state index contributed by atoms with van der Waals surface area (Å²) < 4.78 is 19.2.